The van der Waals surface area contributed by atoms with Crippen LogP contribution in [-0.4, -0.2) is 49.5 Å². The molecule has 0 bridgehead atoms. The van der Waals surface area contributed by atoms with E-state index < -0.39 is 0 Å². The smallest absolute Gasteiger partial charge is 0.315 e. The van der Waals surface area contributed by atoms with E-state index in [0.29, 0.717) is 29.8 Å². The summed E-state index contributed by atoms with van der Waals surface area (Å²) >= 11 is 0. The molecule has 30 heavy (non-hydrogen) atoms. The van der Waals surface area contributed by atoms with Crippen LogP contribution in [0.4, 0.5) is 4.79 Å². The maximum absolute atomic E-state index is 12.3. The molecule has 2 amide bonds. The minimum Gasteiger partial charge on any atom is -0.493 e. The van der Waals surface area contributed by atoms with Crippen LogP contribution in [0.15, 0.2) is 30.6 Å². The minimum atomic E-state index is -0.187. The SMILES string of the molecule is COc1cncc(OC2CCC(NC(=O)NCc3ccc(OC)c(OC)c3)CC2)n1. The fraction of sp³-hybridized carbons (Fsp3) is 0.476. The number of carbonyl (C=O) groups excluding carboxylic acids is 1. The standard InChI is InChI=1S/C21H28N4O5/c1-27-17-9-4-14(10-18(17)28-2)11-23-21(26)24-15-5-7-16(8-6-15)30-20-13-22-12-19(25-20)29-3/h4,9-10,12-13,15-16H,5-8,11H2,1-3H3,(H2,23,24,26). The zero-order chi connectivity index (χ0) is 21.3. The number of hydrogen-bond acceptors (Lipinski definition) is 7. The molecule has 1 aliphatic rings. The Hall–Kier alpha value is -3.23. The number of aromatic nitrogens is 2. The lowest BCUT2D eigenvalue weighted by molar-refractivity contribution is 0.133. The summed E-state index contributed by atoms with van der Waals surface area (Å²) in [6.45, 7) is 0.402. The highest BCUT2D eigenvalue weighted by molar-refractivity contribution is 5.74. The Balaban J connectivity index is 1.41. The van der Waals surface area contributed by atoms with E-state index in [1.165, 1.54) is 6.20 Å². The van der Waals surface area contributed by atoms with Crippen molar-refractivity contribution in [3.05, 3.63) is 36.2 Å². The van der Waals surface area contributed by atoms with Gasteiger partial charge >= 0.3 is 6.03 Å². The summed E-state index contributed by atoms with van der Waals surface area (Å²) in [6.07, 6.45) is 6.51. The maximum atomic E-state index is 12.3. The van der Waals surface area contributed by atoms with Crippen LogP contribution in [0.3, 0.4) is 0 Å². The molecule has 1 aromatic carbocycles. The molecule has 1 fully saturated rings. The Morgan fingerprint density at radius 3 is 2.43 bits per heavy atom. The lowest BCUT2D eigenvalue weighted by atomic mass is 9.93. The van der Waals surface area contributed by atoms with E-state index in [1.54, 1.807) is 27.5 Å². The summed E-state index contributed by atoms with van der Waals surface area (Å²) in [7, 11) is 4.72. The van der Waals surface area contributed by atoms with E-state index in [4.69, 9.17) is 18.9 Å². The molecule has 3 rings (SSSR count). The van der Waals surface area contributed by atoms with E-state index in [0.717, 1.165) is 31.2 Å². The van der Waals surface area contributed by atoms with Crippen molar-refractivity contribution in [2.75, 3.05) is 21.3 Å². The van der Waals surface area contributed by atoms with Crippen LogP contribution in [0.25, 0.3) is 0 Å². The number of amides is 2. The number of methoxy groups -OCH3 is 3. The van der Waals surface area contributed by atoms with Crippen molar-refractivity contribution in [2.45, 2.75) is 44.4 Å². The average molecular weight is 416 g/mol. The third-order valence-electron chi connectivity index (χ3n) is 5.00. The van der Waals surface area contributed by atoms with Crippen LogP contribution >= 0.6 is 0 Å². The molecule has 0 aliphatic heterocycles. The van der Waals surface area contributed by atoms with Gasteiger partial charge in [-0.25, -0.2) is 4.79 Å². The largest absolute Gasteiger partial charge is 0.493 e. The Kier molecular flexibility index (Phi) is 7.53. The molecule has 0 spiro atoms. The second-order valence-corrected chi connectivity index (χ2v) is 7.01. The Morgan fingerprint density at radius 1 is 1.00 bits per heavy atom. The zero-order valence-electron chi connectivity index (χ0n) is 17.5. The molecule has 1 saturated carbocycles. The first-order valence-corrected chi connectivity index (χ1v) is 9.89. The monoisotopic (exact) mass is 416 g/mol. The molecule has 162 valence electrons. The Bertz CT molecular complexity index is 840. The molecule has 9 heteroatoms. The molecule has 0 unspecified atom stereocenters. The lowest BCUT2D eigenvalue weighted by Crippen LogP contribution is -2.44. The fourth-order valence-electron chi connectivity index (χ4n) is 3.39. The van der Waals surface area contributed by atoms with E-state index in [2.05, 4.69) is 20.6 Å². The molecule has 1 aliphatic carbocycles. The predicted octanol–water partition coefficient (Wildman–Crippen LogP) is 2.69. The molecule has 0 saturated heterocycles. The number of ether oxygens (including phenoxy) is 4. The van der Waals surface area contributed by atoms with Crippen molar-refractivity contribution in [1.82, 2.24) is 20.6 Å². The van der Waals surface area contributed by atoms with Gasteiger partial charge in [0, 0.05) is 12.6 Å². The van der Waals surface area contributed by atoms with Gasteiger partial charge in [-0.1, -0.05) is 6.07 Å². The fourth-order valence-corrected chi connectivity index (χ4v) is 3.39. The van der Waals surface area contributed by atoms with Gasteiger partial charge in [0.1, 0.15) is 6.10 Å². The quantitative estimate of drug-likeness (QED) is 0.682. The van der Waals surface area contributed by atoms with Crippen LogP contribution < -0.4 is 29.6 Å². The molecule has 0 radical (unpaired) electrons. The molecule has 0 atom stereocenters. The molecule has 2 aromatic rings. The number of benzene rings is 1. The van der Waals surface area contributed by atoms with E-state index in [1.807, 2.05) is 18.2 Å². The van der Waals surface area contributed by atoms with Gasteiger partial charge in [-0.2, -0.15) is 4.98 Å². The van der Waals surface area contributed by atoms with E-state index in [-0.39, 0.29) is 18.2 Å². The van der Waals surface area contributed by atoms with Crippen molar-refractivity contribution < 1.29 is 23.7 Å². The van der Waals surface area contributed by atoms with Crippen LogP contribution in [0.5, 0.6) is 23.3 Å². The molecule has 9 nitrogen and oxygen atoms in total. The van der Waals surface area contributed by atoms with Crippen LogP contribution in [-0.2, 0) is 6.54 Å². The van der Waals surface area contributed by atoms with Gasteiger partial charge in [0.05, 0.1) is 33.7 Å². The Labute approximate surface area is 176 Å². The molecular weight excluding hydrogens is 388 g/mol. The zero-order valence-corrected chi connectivity index (χ0v) is 17.5. The van der Waals surface area contributed by atoms with Crippen molar-refractivity contribution in [2.24, 2.45) is 0 Å². The van der Waals surface area contributed by atoms with Crippen molar-refractivity contribution in [3.8, 4) is 23.3 Å². The molecule has 1 heterocycles. The third-order valence-corrected chi connectivity index (χ3v) is 5.00. The minimum absolute atomic E-state index is 0.0549. The molecular formula is C21H28N4O5. The Morgan fingerprint density at radius 2 is 1.73 bits per heavy atom. The van der Waals surface area contributed by atoms with Crippen molar-refractivity contribution in [1.29, 1.82) is 0 Å². The molecule has 2 N–H and O–H groups in total. The topological polar surface area (TPSA) is 104 Å². The number of rotatable bonds is 8. The predicted molar refractivity (Wildman–Crippen MR) is 110 cm³/mol. The van der Waals surface area contributed by atoms with Crippen LogP contribution in [0.2, 0.25) is 0 Å². The van der Waals surface area contributed by atoms with Gasteiger partial charge in [0.2, 0.25) is 11.8 Å². The summed E-state index contributed by atoms with van der Waals surface area (Å²) in [5, 5.41) is 5.92. The van der Waals surface area contributed by atoms with Gasteiger partial charge < -0.3 is 29.6 Å². The summed E-state index contributed by atoms with van der Waals surface area (Å²) in [6, 6.07) is 5.50. The summed E-state index contributed by atoms with van der Waals surface area (Å²) in [5.41, 5.74) is 0.930. The normalized spacial score (nSPS) is 18.2. The highest BCUT2D eigenvalue weighted by Gasteiger charge is 2.24. The van der Waals surface area contributed by atoms with Gasteiger partial charge in [0.15, 0.2) is 11.5 Å². The number of nitrogens with zero attached hydrogens (tertiary/aromatic N) is 2. The van der Waals surface area contributed by atoms with E-state index in [9.17, 15) is 4.79 Å². The second-order valence-electron chi connectivity index (χ2n) is 7.01. The summed E-state index contributed by atoms with van der Waals surface area (Å²) in [4.78, 5) is 20.5. The van der Waals surface area contributed by atoms with Crippen molar-refractivity contribution in [3.63, 3.8) is 0 Å². The van der Waals surface area contributed by atoms with Gasteiger partial charge in [-0.05, 0) is 43.4 Å². The first-order chi connectivity index (χ1) is 14.6. The number of nitrogens with one attached hydrogen (secondary N) is 2. The molecule has 1 aromatic heterocycles. The number of urea groups is 1. The van der Waals surface area contributed by atoms with Crippen LogP contribution in [0, 0.1) is 0 Å². The van der Waals surface area contributed by atoms with Gasteiger partial charge in [-0.3, -0.25) is 4.98 Å². The highest BCUT2D eigenvalue weighted by atomic mass is 16.5. The van der Waals surface area contributed by atoms with Crippen LogP contribution in [0.1, 0.15) is 31.2 Å². The lowest BCUT2D eigenvalue weighted by Gasteiger charge is -2.29. The summed E-state index contributed by atoms with van der Waals surface area (Å²) < 4.78 is 21.5. The second kappa shape index (κ2) is 10.5. The first kappa shape index (κ1) is 21.5. The highest BCUT2D eigenvalue weighted by Crippen LogP contribution is 2.27. The van der Waals surface area contributed by atoms with Gasteiger partial charge in [-0.15, -0.1) is 0 Å². The third kappa shape index (κ3) is 5.88. The average Bonchev–Trinajstić information content (AvgIpc) is 2.79. The first-order valence-electron chi connectivity index (χ1n) is 9.89. The maximum Gasteiger partial charge on any atom is 0.315 e. The summed E-state index contributed by atoms with van der Waals surface area (Å²) in [5.74, 6) is 2.17. The van der Waals surface area contributed by atoms with E-state index >= 15 is 0 Å². The van der Waals surface area contributed by atoms with Crippen molar-refractivity contribution >= 4 is 6.03 Å². The van der Waals surface area contributed by atoms with Gasteiger partial charge in [0.25, 0.3) is 0 Å². The number of hydrogen-bond donors (Lipinski definition) is 2. The number of carbonyl (C=O) groups is 1.